The van der Waals surface area contributed by atoms with E-state index in [2.05, 4.69) is 10.2 Å². The van der Waals surface area contributed by atoms with Crippen LogP contribution in [0, 0.1) is 6.92 Å². The Labute approximate surface area is 121 Å². The highest BCUT2D eigenvalue weighted by Gasteiger charge is 2.13. The Balaban J connectivity index is 2.21. The molecule has 4 nitrogen and oxygen atoms in total. The molecule has 100 valence electrons. The molecule has 5 heteroatoms. The maximum atomic E-state index is 6.07. The molecule has 0 bridgehead atoms. The topological polar surface area (TPSA) is 56.7 Å². The van der Waals surface area contributed by atoms with Crippen molar-refractivity contribution in [3.63, 3.8) is 0 Å². The fraction of sp³-hybridized carbons (Fsp3) is 0.0667. The van der Waals surface area contributed by atoms with Gasteiger partial charge in [0.25, 0.3) is 0 Å². The third kappa shape index (κ3) is 2.26. The maximum absolute atomic E-state index is 6.07. The zero-order valence-corrected chi connectivity index (χ0v) is 11.7. The lowest BCUT2D eigenvalue weighted by atomic mass is 10.2. The van der Waals surface area contributed by atoms with Crippen molar-refractivity contribution >= 4 is 17.3 Å². The number of hydrogen-bond donors (Lipinski definition) is 1. The molecule has 0 aliphatic rings. The van der Waals surface area contributed by atoms with E-state index in [1.807, 2.05) is 54.0 Å². The molecule has 3 rings (SSSR count). The van der Waals surface area contributed by atoms with E-state index in [4.69, 9.17) is 17.3 Å². The molecule has 0 aliphatic carbocycles. The summed E-state index contributed by atoms with van der Waals surface area (Å²) in [6.07, 6.45) is 0. The number of para-hydroxylation sites is 1. The van der Waals surface area contributed by atoms with E-state index in [1.54, 1.807) is 6.07 Å². The minimum absolute atomic E-state index is 0.584. The molecule has 0 saturated heterocycles. The smallest absolute Gasteiger partial charge is 0.168 e. The van der Waals surface area contributed by atoms with Gasteiger partial charge in [-0.2, -0.15) is 0 Å². The van der Waals surface area contributed by atoms with Gasteiger partial charge >= 0.3 is 0 Å². The average Bonchev–Trinajstić information content (AvgIpc) is 2.80. The molecule has 1 aromatic heterocycles. The summed E-state index contributed by atoms with van der Waals surface area (Å²) in [6, 6.07) is 15.3. The van der Waals surface area contributed by atoms with Gasteiger partial charge in [-0.3, -0.25) is 4.57 Å². The SMILES string of the molecule is Cc1nnc(-c2cc(N)cc(Cl)c2)n1-c1ccccc1. The predicted octanol–water partition coefficient (Wildman–Crippen LogP) is 3.48. The third-order valence-corrected chi connectivity index (χ3v) is 3.24. The van der Waals surface area contributed by atoms with Gasteiger partial charge in [-0.1, -0.05) is 29.8 Å². The van der Waals surface area contributed by atoms with Crippen molar-refractivity contribution in [1.29, 1.82) is 0 Å². The predicted molar refractivity (Wildman–Crippen MR) is 81.0 cm³/mol. The monoisotopic (exact) mass is 284 g/mol. The van der Waals surface area contributed by atoms with Gasteiger partial charge in [0.05, 0.1) is 0 Å². The van der Waals surface area contributed by atoms with Crippen molar-refractivity contribution in [3.8, 4) is 17.1 Å². The molecule has 1 heterocycles. The van der Waals surface area contributed by atoms with Crippen LogP contribution in [0.4, 0.5) is 5.69 Å². The Bertz CT molecular complexity index is 730. The lowest BCUT2D eigenvalue weighted by Gasteiger charge is -2.09. The molecule has 2 aromatic carbocycles. The van der Waals surface area contributed by atoms with Gasteiger partial charge in [-0.05, 0) is 37.3 Å². The number of nitrogens with zero attached hydrogens (tertiary/aromatic N) is 3. The van der Waals surface area contributed by atoms with Crippen LogP contribution < -0.4 is 5.73 Å². The molecule has 3 aromatic rings. The van der Waals surface area contributed by atoms with Crippen LogP contribution in [0.5, 0.6) is 0 Å². The van der Waals surface area contributed by atoms with Gasteiger partial charge in [0.1, 0.15) is 5.82 Å². The highest BCUT2D eigenvalue weighted by molar-refractivity contribution is 6.31. The third-order valence-electron chi connectivity index (χ3n) is 3.02. The van der Waals surface area contributed by atoms with E-state index in [1.165, 1.54) is 0 Å². The van der Waals surface area contributed by atoms with Crippen molar-refractivity contribution < 1.29 is 0 Å². The zero-order valence-electron chi connectivity index (χ0n) is 10.9. The summed E-state index contributed by atoms with van der Waals surface area (Å²) in [7, 11) is 0. The molecule has 0 aliphatic heterocycles. The summed E-state index contributed by atoms with van der Waals surface area (Å²) in [5, 5.41) is 8.98. The molecule has 0 unspecified atom stereocenters. The van der Waals surface area contributed by atoms with Gasteiger partial charge < -0.3 is 5.73 Å². The van der Waals surface area contributed by atoms with Crippen LogP contribution in [0.25, 0.3) is 17.1 Å². The van der Waals surface area contributed by atoms with Crippen molar-refractivity contribution in [2.45, 2.75) is 6.92 Å². The lowest BCUT2D eigenvalue weighted by molar-refractivity contribution is 0.972. The second-order valence-electron chi connectivity index (χ2n) is 4.52. The van der Waals surface area contributed by atoms with Crippen LogP contribution in [0.15, 0.2) is 48.5 Å². The Hall–Kier alpha value is -2.33. The van der Waals surface area contributed by atoms with Crippen molar-refractivity contribution in [1.82, 2.24) is 14.8 Å². The van der Waals surface area contributed by atoms with Crippen LogP contribution in [0.3, 0.4) is 0 Å². The van der Waals surface area contributed by atoms with E-state index in [-0.39, 0.29) is 0 Å². The Morgan fingerprint density at radius 2 is 1.80 bits per heavy atom. The number of rotatable bonds is 2. The standard InChI is InChI=1S/C15H13ClN4/c1-10-18-19-15(11-7-12(16)9-13(17)8-11)20(10)14-5-3-2-4-6-14/h2-9H,17H2,1H3. The highest BCUT2D eigenvalue weighted by Crippen LogP contribution is 2.27. The number of nitrogen functional groups attached to an aromatic ring is 1. The lowest BCUT2D eigenvalue weighted by Crippen LogP contribution is -2.00. The number of nitrogens with two attached hydrogens (primary N) is 1. The largest absolute Gasteiger partial charge is 0.399 e. The van der Waals surface area contributed by atoms with E-state index in [0.717, 1.165) is 22.9 Å². The molecule has 0 fully saturated rings. The molecule has 0 amide bonds. The first-order valence-electron chi connectivity index (χ1n) is 6.19. The molecule has 20 heavy (non-hydrogen) atoms. The first-order valence-corrected chi connectivity index (χ1v) is 6.57. The average molecular weight is 285 g/mol. The fourth-order valence-electron chi connectivity index (χ4n) is 2.18. The molecule has 0 saturated carbocycles. The number of anilines is 1. The summed E-state index contributed by atoms with van der Waals surface area (Å²) in [4.78, 5) is 0. The van der Waals surface area contributed by atoms with Crippen LogP contribution in [0.2, 0.25) is 5.02 Å². The molecular weight excluding hydrogens is 272 g/mol. The molecule has 0 atom stereocenters. The van der Waals surface area contributed by atoms with E-state index in [9.17, 15) is 0 Å². The number of benzene rings is 2. The second-order valence-corrected chi connectivity index (χ2v) is 4.95. The number of halogens is 1. The molecule has 2 N–H and O–H groups in total. The number of hydrogen-bond acceptors (Lipinski definition) is 3. The fourth-order valence-corrected chi connectivity index (χ4v) is 2.42. The van der Waals surface area contributed by atoms with Gasteiger partial charge in [0, 0.05) is 22.0 Å². The zero-order chi connectivity index (χ0) is 14.1. The second kappa shape index (κ2) is 4.98. The molecular formula is C15H13ClN4. The summed E-state index contributed by atoms with van der Waals surface area (Å²) in [5.41, 5.74) is 8.30. The Morgan fingerprint density at radius 3 is 2.50 bits per heavy atom. The van der Waals surface area contributed by atoms with Crippen molar-refractivity contribution in [2.24, 2.45) is 0 Å². The van der Waals surface area contributed by atoms with E-state index >= 15 is 0 Å². The van der Waals surface area contributed by atoms with Crippen LogP contribution >= 0.6 is 11.6 Å². The van der Waals surface area contributed by atoms with E-state index in [0.29, 0.717) is 10.7 Å². The van der Waals surface area contributed by atoms with Crippen molar-refractivity contribution in [2.75, 3.05) is 5.73 Å². The highest BCUT2D eigenvalue weighted by atomic mass is 35.5. The minimum Gasteiger partial charge on any atom is -0.399 e. The van der Waals surface area contributed by atoms with E-state index < -0.39 is 0 Å². The maximum Gasteiger partial charge on any atom is 0.168 e. The number of aromatic nitrogens is 3. The summed E-state index contributed by atoms with van der Waals surface area (Å²) in [6.45, 7) is 1.91. The molecule has 0 radical (unpaired) electrons. The molecule has 0 spiro atoms. The Morgan fingerprint density at radius 1 is 1.05 bits per heavy atom. The van der Waals surface area contributed by atoms with Gasteiger partial charge in [0.2, 0.25) is 0 Å². The van der Waals surface area contributed by atoms with Crippen LogP contribution in [-0.4, -0.2) is 14.8 Å². The number of aryl methyl sites for hydroxylation is 1. The van der Waals surface area contributed by atoms with Crippen LogP contribution in [-0.2, 0) is 0 Å². The van der Waals surface area contributed by atoms with Crippen LogP contribution in [0.1, 0.15) is 5.82 Å². The summed E-state index contributed by atoms with van der Waals surface area (Å²) < 4.78 is 1.98. The van der Waals surface area contributed by atoms with Gasteiger partial charge in [0.15, 0.2) is 5.82 Å². The van der Waals surface area contributed by atoms with Gasteiger partial charge in [-0.15, -0.1) is 10.2 Å². The first kappa shape index (κ1) is 12.7. The quantitative estimate of drug-likeness (QED) is 0.733. The first-order chi connectivity index (χ1) is 9.65. The van der Waals surface area contributed by atoms with Crippen molar-refractivity contribution in [3.05, 3.63) is 59.4 Å². The normalized spacial score (nSPS) is 10.7. The minimum atomic E-state index is 0.584. The summed E-state index contributed by atoms with van der Waals surface area (Å²) in [5.74, 6) is 1.53. The van der Waals surface area contributed by atoms with Gasteiger partial charge in [-0.25, -0.2) is 0 Å². The summed E-state index contributed by atoms with van der Waals surface area (Å²) >= 11 is 6.07. The Kier molecular flexibility index (Phi) is 3.16.